The number of fused-ring (bicyclic) bond motifs is 8. The molecule has 0 amide bonds. The van der Waals surface area contributed by atoms with E-state index < -0.39 is 0 Å². The van der Waals surface area contributed by atoms with Crippen LogP contribution in [0, 0.1) is 0 Å². The van der Waals surface area contributed by atoms with E-state index in [1.807, 2.05) is 12.4 Å². The Hall–Kier alpha value is -4.11. The number of benzene rings is 5. The molecule has 0 saturated carbocycles. The second kappa shape index (κ2) is 5.71. The number of nitrogens with one attached hydrogen (secondary N) is 1. The van der Waals surface area contributed by atoms with Gasteiger partial charge in [0.1, 0.15) is 6.33 Å². The van der Waals surface area contributed by atoms with E-state index in [9.17, 15) is 0 Å². The van der Waals surface area contributed by atoms with Gasteiger partial charge in [0.05, 0.1) is 11.0 Å². The molecule has 0 aliphatic rings. The minimum atomic E-state index is 1.04. The monoisotopic (exact) mass is 383 g/mol. The fourth-order valence-electron chi connectivity index (χ4n) is 4.76. The Morgan fingerprint density at radius 2 is 1.43 bits per heavy atom. The third kappa shape index (κ3) is 2.06. The first-order valence-electron chi connectivity index (χ1n) is 10.2. The van der Waals surface area contributed by atoms with Crippen LogP contribution in [-0.4, -0.2) is 14.5 Å². The molecule has 0 fully saturated rings. The number of H-pyrrole nitrogens is 1. The van der Waals surface area contributed by atoms with E-state index in [-0.39, 0.29) is 0 Å². The van der Waals surface area contributed by atoms with Crippen molar-refractivity contribution < 1.29 is 0 Å². The zero-order chi connectivity index (χ0) is 19.7. The van der Waals surface area contributed by atoms with E-state index in [0.717, 1.165) is 16.7 Å². The molecule has 7 aromatic rings. The van der Waals surface area contributed by atoms with Crippen LogP contribution in [0.25, 0.3) is 60.1 Å². The first-order chi connectivity index (χ1) is 14.9. The van der Waals surface area contributed by atoms with Crippen LogP contribution in [0.2, 0.25) is 0 Å². The molecular formula is C27H17N3. The second-order valence-electron chi connectivity index (χ2n) is 7.83. The standard InChI is InChI=1S/C27H17N3/c1-2-6-18(7-3-1)30-16-28-27-21-11-10-17-14-25-23(20-8-4-5-9-24(20)29-25)15-22(17)19(21)12-13-26(27)30/h1-16,29H. The van der Waals surface area contributed by atoms with E-state index in [0.29, 0.717) is 0 Å². The van der Waals surface area contributed by atoms with Crippen molar-refractivity contribution in [2.75, 3.05) is 0 Å². The van der Waals surface area contributed by atoms with Gasteiger partial charge in [-0.3, -0.25) is 4.57 Å². The van der Waals surface area contributed by atoms with Gasteiger partial charge in [-0.1, -0.05) is 54.6 Å². The van der Waals surface area contributed by atoms with Gasteiger partial charge in [-0.25, -0.2) is 4.98 Å². The number of para-hydroxylation sites is 2. The largest absolute Gasteiger partial charge is 0.354 e. The number of imidazole rings is 1. The number of hydrogen-bond donors (Lipinski definition) is 1. The average molecular weight is 383 g/mol. The highest BCUT2D eigenvalue weighted by atomic mass is 15.0. The molecule has 2 aromatic heterocycles. The van der Waals surface area contributed by atoms with E-state index >= 15 is 0 Å². The van der Waals surface area contributed by atoms with Gasteiger partial charge in [-0.15, -0.1) is 0 Å². The Bertz CT molecular complexity index is 1740. The van der Waals surface area contributed by atoms with Crippen molar-refractivity contribution in [2.24, 2.45) is 0 Å². The summed E-state index contributed by atoms with van der Waals surface area (Å²) in [7, 11) is 0. The number of aromatic nitrogens is 3. The second-order valence-corrected chi connectivity index (χ2v) is 7.83. The van der Waals surface area contributed by atoms with E-state index in [1.54, 1.807) is 0 Å². The van der Waals surface area contributed by atoms with Gasteiger partial charge in [-0.2, -0.15) is 0 Å². The van der Waals surface area contributed by atoms with Gasteiger partial charge in [-0.05, 0) is 52.6 Å². The molecule has 0 aliphatic heterocycles. The van der Waals surface area contributed by atoms with Gasteiger partial charge >= 0.3 is 0 Å². The lowest BCUT2D eigenvalue weighted by atomic mass is 9.99. The lowest BCUT2D eigenvalue weighted by molar-refractivity contribution is 1.09. The van der Waals surface area contributed by atoms with Crippen molar-refractivity contribution in [3.05, 3.63) is 97.3 Å². The first kappa shape index (κ1) is 15.8. The number of aromatic amines is 1. The van der Waals surface area contributed by atoms with Crippen LogP contribution in [-0.2, 0) is 0 Å². The molecule has 0 radical (unpaired) electrons. The van der Waals surface area contributed by atoms with Crippen LogP contribution in [0.1, 0.15) is 0 Å². The Morgan fingerprint density at radius 1 is 0.600 bits per heavy atom. The Kier molecular flexibility index (Phi) is 3.00. The summed E-state index contributed by atoms with van der Waals surface area (Å²) in [5, 5.41) is 7.46. The summed E-state index contributed by atoms with van der Waals surface area (Å²) >= 11 is 0. The van der Waals surface area contributed by atoms with Crippen LogP contribution >= 0.6 is 0 Å². The van der Waals surface area contributed by atoms with E-state index in [1.165, 1.54) is 43.4 Å². The summed E-state index contributed by atoms with van der Waals surface area (Å²) in [5.41, 5.74) is 5.65. The molecule has 0 saturated heterocycles. The topological polar surface area (TPSA) is 33.6 Å². The number of nitrogens with zero attached hydrogens (tertiary/aromatic N) is 2. The van der Waals surface area contributed by atoms with E-state index in [4.69, 9.17) is 4.98 Å². The molecule has 1 N–H and O–H groups in total. The van der Waals surface area contributed by atoms with Crippen LogP contribution < -0.4 is 0 Å². The Balaban J connectivity index is 1.57. The molecule has 7 rings (SSSR count). The van der Waals surface area contributed by atoms with E-state index in [2.05, 4.69) is 94.5 Å². The first-order valence-corrected chi connectivity index (χ1v) is 10.2. The van der Waals surface area contributed by atoms with Crippen molar-refractivity contribution in [3.63, 3.8) is 0 Å². The maximum absolute atomic E-state index is 4.79. The molecule has 0 unspecified atom stereocenters. The summed E-state index contributed by atoms with van der Waals surface area (Å²) in [6, 6.07) is 32.3. The molecule has 5 aromatic carbocycles. The minimum absolute atomic E-state index is 1.04. The van der Waals surface area contributed by atoms with Crippen LogP contribution in [0.4, 0.5) is 0 Å². The van der Waals surface area contributed by atoms with Gasteiger partial charge in [0.25, 0.3) is 0 Å². The zero-order valence-corrected chi connectivity index (χ0v) is 16.1. The highest BCUT2D eigenvalue weighted by Gasteiger charge is 2.12. The third-order valence-electron chi connectivity index (χ3n) is 6.19. The quantitative estimate of drug-likeness (QED) is 0.305. The number of hydrogen-bond acceptors (Lipinski definition) is 1. The van der Waals surface area contributed by atoms with Crippen molar-refractivity contribution in [1.82, 2.24) is 14.5 Å². The molecule has 0 aliphatic carbocycles. The fraction of sp³-hybridized carbons (Fsp3) is 0. The molecule has 140 valence electrons. The predicted octanol–water partition coefficient (Wildman–Crippen LogP) is 6.97. The summed E-state index contributed by atoms with van der Waals surface area (Å²) < 4.78 is 2.15. The van der Waals surface area contributed by atoms with Crippen molar-refractivity contribution >= 4 is 54.4 Å². The summed E-state index contributed by atoms with van der Waals surface area (Å²) in [4.78, 5) is 8.34. The Morgan fingerprint density at radius 3 is 2.37 bits per heavy atom. The normalized spacial score (nSPS) is 12.0. The van der Waals surface area contributed by atoms with Crippen molar-refractivity contribution in [1.29, 1.82) is 0 Å². The predicted molar refractivity (Wildman–Crippen MR) is 125 cm³/mol. The van der Waals surface area contributed by atoms with Crippen molar-refractivity contribution in [2.45, 2.75) is 0 Å². The maximum Gasteiger partial charge on any atom is 0.100 e. The lowest BCUT2D eigenvalue weighted by Gasteiger charge is -2.07. The molecular weight excluding hydrogens is 366 g/mol. The number of rotatable bonds is 1. The van der Waals surface area contributed by atoms with Crippen LogP contribution in [0.15, 0.2) is 97.3 Å². The third-order valence-corrected chi connectivity index (χ3v) is 6.19. The lowest BCUT2D eigenvalue weighted by Crippen LogP contribution is -1.90. The Labute approximate surface area is 172 Å². The summed E-state index contributed by atoms with van der Waals surface area (Å²) in [5.74, 6) is 0. The van der Waals surface area contributed by atoms with Gasteiger partial charge < -0.3 is 4.98 Å². The summed E-state index contributed by atoms with van der Waals surface area (Å²) in [6.07, 6.45) is 1.92. The molecule has 0 atom stereocenters. The highest BCUT2D eigenvalue weighted by molar-refractivity contribution is 6.20. The molecule has 0 spiro atoms. The smallest absolute Gasteiger partial charge is 0.100 e. The molecule has 3 nitrogen and oxygen atoms in total. The maximum atomic E-state index is 4.79. The van der Waals surface area contributed by atoms with Crippen LogP contribution in [0.5, 0.6) is 0 Å². The van der Waals surface area contributed by atoms with Crippen molar-refractivity contribution in [3.8, 4) is 5.69 Å². The fourth-order valence-corrected chi connectivity index (χ4v) is 4.76. The highest BCUT2D eigenvalue weighted by Crippen LogP contribution is 2.35. The molecule has 3 heteroatoms. The molecule has 0 bridgehead atoms. The average Bonchev–Trinajstić information content (AvgIpc) is 3.39. The summed E-state index contributed by atoms with van der Waals surface area (Å²) in [6.45, 7) is 0. The minimum Gasteiger partial charge on any atom is -0.354 e. The van der Waals surface area contributed by atoms with Gasteiger partial charge in [0.15, 0.2) is 0 Å². The van der Waals surface area contributed by atoms with Gasteiger partial charge in [0, 0.05) is 32.9 Å². The van der Waals surface area contributed by atoms with Crippen LogP contribution in [0.3, 0.4) is 0 Å². The van der Waals surface area contributed by atoms with Gasteiger partial charge in [0.2, 0.25) is 0 Å². The SMILES string of the molecule is c1ccc(-n2cnc3c4ccc5cc6[nH]c7ccccc7c6cc5c4ccc32)cc1. The zero-order valence-electron chi connectivity index (χ0n) is 16.1. The molecule has 30 heavy (non-hydrogen) atoms. The molecule has 2 heterocycles.